The van der Waals surface area contributed by atoms with Crippen molar-refractivity contribution < 1.29 is 0 Å². The number of halogens is 1. The highest BCUT2D eigenvalue weighted by Crippen LogP contribution is 2.47. The molecule has 0 spiro atoms. The van der Waals surface area contributed by atoms with Crippen LogP contribution in [0.25, 0.3) is 0 Å². The zero-order chi connectivity index (χ0) is 12.6. The van der Waals surface area contributed by atoms with E-state index in [9.17, 15) is 0 Å². The molecule has 3 unspecified atom stereocenters. The van der Waals surface area contributed by atoms with Gasteiger partial charge in [0.25, 0.3) is 0 Å². The standard InChI is InChI=1S/C15H23BrS/c1-10-5-6-12(13(16)9-10)15(3,4)14-11(2)7-8-17-14/h7-8,10,12-13H,5-6,9H2,1-4H3. The van der Waals surface area contributed by atoms with Crippen LogP contribution in [-0.4, -0.2) is 4.83 Å². The van der Waals surface area contributed by atoms with Crippen LogP contribution in [0, 0.1) is 18.8 Å². The quantitative estimate of drug-likeness (QED) is 0.629. The Bertz CT molecular complexity index is 380. The van der Waals surface area contributed by atoms with Gasteiger partial charge in [0.2, 0.25) is 0 Å². The van der Waals surface area contributed by atoms with Crippen LogP contribution in [0.1, 0.15) is 50.5 Å². The van der Waals surface area contributed by atoms with E-state index in [1.807, 2.05) is 11.3 Å². The number of thiophene rings is 1. The molecular formula is C15H23BrS. The van der Waals surface area contributed by atoms with E-state index in [1.165, 1.54) is 24.8 Å². The summed E-state index contributed by atoms with van der Waals surface area (Å²) in [6, 6.07) is 2.26. The lowest BCUT2D eigenvalue weighted by molar-refractivity contribution is 0.216. The molecular weight excluding hydrogens is 292 g/mol. The van der Waals surface area contributed by atoms with Gasteiger partial charge in [0.1, 0.15) is 0 Å². The van der Waals surface area contributed by atoms with Crippen molar-refractivity contribution in [1.29, 1.82) is 0 Å². The van der Waals surface area contributed by atoms with E-state index in [4.69, 9.17) is 0 Å². The number of hydrogen-bond acceptors (Lipinski definition) is 1. The molecule has 3 atom stereocenters. The van der Waals surface area contributed by atoms with Crippen LogP contribution in [0.2, 0.25) is 0 Å². The van der Waals surface area contributed by atoms with Gasteiger partial charge in [-0.1, -0.05) is 43.1 Å². The Labute approximate surface area is 118 Å². The van der Waals surface area contributed by atoms with E-state index in [0.717, 1.165) is 11.8 Å². The summed E-state index contributed by atoms with van der Waals surface area (Å²) in [6.07, 6.45) is 4.08. The smallest absolute Gasteiger partial charge is 0.0185 e. The third-order valence-corrected chi connectivity index (χ3v) is 6.78. The minimum Gasteiger partial charge on any atom is -0.148 e. The first-order valence-electron chi connectivity index (χ1n) is 6.61. The molecule has 0 aromatic carbocycles. The largest absolute Gasteiger partial charge is 0.148 e. The summed E-state index contributed by atoms with van der Waals surface area (Å²) in [5, 5.41) is 2.24. The fourth-order valence-corrected chi connectivity index (χ4v) is 6.01. The van der Waals surface area contributed by atoms with Gasteiger partial charge in [0.05, 0.1) is 0 Å². The average Bonchev–Trinajstić information content (AvgIpc) is 2.64. The molecule has 0 N–H and O–H groups in total. The summed E-state index contributed by atoms with van der Waals surface area (Å²) >= 11 is 5.88. The normalized spacial score (nSPS) is 30.5. The second-order valence-corrected chi connectivity index (χ2v) is 8.29. The van der Waals surface area contributed by atoms with Gasteiger partial charge in [-0.05, 0) is 48.6 Å². The van der Waals surface area contributed by atoms with Crippen molar-refractivity contribution in [3.05, 3.63) is 21.9 Å². The molecule has 1 saturated carbocycles. The molecule has 2 heteroatoms. The predicted molar refractivity (Wildman–Crippen MR) is 81.3 cm³/mol. The summed E-state index contributed by atoms with van der Waals surface area (Å²) in [6.45, 7) is 9.50. The van der Waals surface area contributed by atoms with Crippen molar-refractivity contribution in [2.75, 3.05) is 0 Å². The molecule has 0 aliphatic heterocycles. The van der Waals surface area contributed by atoms with Crippen LogP contribution >= 0.6 is 27.3 Å². The molecule has 1 aliphatic rings. The Balaban J connectivity index is 2.24. The van der Waals surface area contributed by atoms with Gasteiger partial charge in [-0.25, -0.2) is 0 Å². The summed E-state index contributed by atoms with van der Waals surface area (Å²) in [5.41, 5.74) is 1.78. The summed E-state index contributed by atoms with van der Waals surface area (Å²) < 4.78 is 0. The maximum atomic E-state index is 3.95. The fourth-order valence-electron chi connectivity index (χ4n) is 3.33. The molecule has 1 aliphatic carbocycles. The van der Waals surface area contributed by atoms with E-state index < -0.39 is 0 Å². The molecule has 1 aromatic heterocycles. The second-order valence-electron chi connectivity index (χ2n) is 6.20. The third-order valence-electron chi connectivity index (χ3n) is 4.41. The van der Waals surface area contributed by atoms with Gasteiger partial charge >= 0.3 is 0 Å². The van der Waals surface area contributed by atoms with Crippen LogP contribution < -0.4 is 0 Å². The second kappa shape index (κ2) is 5.05. The highest BCUT2D eigenvalue weighted by atomic mass is 79.9. The monoisotopic (exact) mass is 314 g/mol. The average molecular weight is 315 g/mol. The number of hydrogen-bond donors (Lipinski definition) is 0. The number of alkyl halides is 1. The lowest BCUT2D eigenvalue weighted by Crippen LogP contribution is -2.38. The topological polar surface area (TPSA) is 0 Å². The van der Waals surface area contributed by atoms with Crippen molar-refractivity contribution in [2.24, 2.45) is 11.8 Å². The van der Waals surface area contributed by atoms with E-state index in [2.05, 4.69) is 55.1 Å². The number of rotatable bonds is 2. The summed E-state index contributed by atoms with van der Waals surface area (Å²) in [5.74, 6) is 1.66. The van der Waals surface area contributed by atoms with Gasteiger partial charge in [-0.15, -0.1) is 11.3 Å². The van der Waals surface area contributed by atoms with Crippen molar-refractivity contribution in [2.45, 2.75) is 57.2 Å². The molecule has 1 fully saturated rings. The highest BCUT2D eigenvalue weighted by Gasteiger charge is 2.40. The minimum atomic E-state index is 0.312. The Morgan fingerprint density at radius 2 is 2.06 bits per heavy atom. The van der Waals surface area contributed by atoms with Gasteiger partial charge in [0.15, 0.2) is 0 Å². The van der Waals surface area contributed by atoms with Gasteiger partial charge in [-0.2, -0.15) is 0 Å². The van der Waals surface area contributed by atoms with Gasteiger partial charge in [0, 0.05) is 15.1 Å². The van der Waals surface area contributed by atoms with Gasteiger partial charge < -0.3 is 0 Å². The lowest BCUT2D eigenvalue weighted by Gasteiger charge is -2.42. The molecule has 0 saturated heterocycles. The van der Waals surface area contributed by atoms with Crippen molar-refractivity contribution in [3.63, 3.8) is 0 Å². The van der Waals surface area contributed by atoms with Crippen LogP contribution in [-0.2, 0) is 5.41 Å². The van der Waals surface area contributed by atoms with Crippen molar-refractivity contribution in [1.82, 2.24) is 0 Å². The van der Waals surface area contributed by atoms with Crippen LogP contribution in [0.4, 0.5) is 0 Å². The SMILES string of the molecule is Cc1ccsc1C(C)(C)C1CCC(C)CC1Br. The zero-order valence-electron chi connectivity index (χ0n) is 11.3. The molecule has 1 heterocycles. The maximum absolute atomic E-state index is 3.95. The van der Waals surface area contributed by atoms with E-state index >= 15 is 0 Å². The Kier molecular flexibility index (Phi) is 4.04. The third kappa shape index (κ3) is 2.63. The van der Waals surface area contributed by atoms with Crippen molar-refractivity contribution in [3.8, 4) is 0 Å². The van der Waals surface area contributed by atoms with Crippen LogP contribution in [0.3, 0.4) is 0 Å². The fraction of sp³-hybridized carbons (Fsp3) is 0.733. The zero-order valence-corrected chi connectivity index (χ0v) is 13.7. The van der Waals surface area contributed by atoms with E-state index in [0.29, 0.717) is 10.2 Å². The van der Waals surface area contributed by atoms with E-state index in [-0.39, 0.29) is 0 Å². The summed E-state index contributed by atoms with van der Waals surface area (Å²) in [7, 11) is 0. The Morgan fingerprint density at radius 1 is 1.35 bits per heavy atom. The molecule has 1 aromatic rings. The highest BCUT2D eigenvalue weighted by molar-refractivity contribution is 9.09. The van der Waals surface area contributed by atoms with Crippen LogP contribution in [0.5, 0.6) is 0 Å². The maximum Gasteiger partial charge on any atom is 0.0185 e. The lowest BCUT2D eigenvalue weighted by atomic mass is 9.68. The van der Waals surface area contributed by atoms with Gasteiger partial charge in [-0.3, -0.25) is 0 Å². The molecule has 17 heavy (non-hydrogen) atoms. The molecule has 0 nitrogen and oxygen atoms in total. The molecule has 0 bridgehead atoms. The molecule has 96 valence electrons. The number of aryl methyl sites for hydroxylation is 1. The Hall–Kier alpha value is 0.180. The Morgan fingerprint density at radius 3 is 2.59 bits per heavy atom. The van der Waals surface area contributed by atoms with Crippen LogP contribution in [0.15, 0.2) is 11.4 Å². The molecule has 0 radical (unpaired) electrons. The van der Waals surface area contributed by atoms with E-state index in [1.54, 1.807) is 4.88 Å². The predicted octanol–water partition coefficient (Wildman–Crippen LogP) is 5.53. The first-order chi connectivity index (χ1) is 7.93. The first-order valence-corrected chi connectivity index (χ1v) is 8.41. The minimum absolute atomic E-state index is 0.312. The summed E-state index contributed by atoms with van der Waals surface area (Å²) in [4.78, 5) is 2.27. The molecule has 2 rings (SSSR count). The van der Waals surface area contributed by atoms with Crippen molar-refractivity contribution >= 4 is 27.3 Å². The first kappa shape index (κ1) is 13.6. The molecule has 0 amide bonds.